The zero-order valence-electron chi connectivity index (χ0n) is 17.6. The molecule has 2 aromatic carbocycles. The van der Waals surface area contributed by atoms with E-state index < -0.39 is 0 Å². The van der Waals surface area contributed by atoms with Crippen LogP contribution in [0.5, 0.6) is 5.75 Å². The molecule has 2 aromatic heterocycles. The highest BCUT2D eigenvalue weighted by molar-refractivity contribution is 7.99. The minimum atomic E-state index is -0.385. The van der Waals surface area contributed by atoms with Gasteiger partial charge in [-0.3, -0.25) is 19.7 Å². The molecule has 4 rings (SSSR count). The van der Waals surface area contributed by atoms with Crippen molar-refractivity contribution in [1.82, 2.24) is 19.7 Å². The van der Waals surface area contributed by atoms with Crippen LogP contribution in [0.2, 0.25) is 0 Å². The maximum absolute atomic E-state index is 11.2. The molecule has 1 atom stereocenters. The first-order valence-corrected chi connectivity index (χ1v) is 10.9. The molecule has 0 aliphatic carbocycles. The monoisotopic (exact) mass is 447 g/mol. The topological polar surface area (TPSA) is 96.0 Å². The molecule has 0 N–H and O–H groups in total. The number of rotatable bonds is 8. The van der Waals surface area contributed by atoms with Gasteiger partial charge >= 0.3 is 0 Å². The third kappa shape index (κ3) is 4.62. The van der Waals surface area contributed by atoms with Gasteiger partial charge in [-0.2, -0.15) is 0 Å². The fourth-order valence-corrected chi connectivity index (χ4v) is 4.22. The van der Waals surface area contributed by atoms with E-state index in [1.807, 2.05) is 60.9 Å². The smallest absolute Gasteiger partial charge is 0.269 e. The summed E-state index contributed by atoms with van der Waals surface area (Å²) in [5.41, 5.74) is 2.63. The summed E-state index contributed by atoms with van der Waals surface area (Å²) in [5, 5.41) is 20.6. The summed E-state index contributed by atoms with van der Waals surface area (Å²) in [6.45, 7) is 4.53. The quantitative estimate of drug-likeness (QED) is 0.200. The van der Waals surface area contributed by atoms with Crippen molar-refractivity contribution in [3.8, 4) is 22.8 Å². The Hall–Kier alpha value is -3.72. The van der Waals surface area contributed by atoms with Crippen molar-refractivity contribution in [2.24, 2.45) is 0 Å². The van der Waals surface area contributed by atoms with E-state index >= 15 is 0 Å². The molecule has 0 aliphatic heterocycles. The van der Waals surface area contributed by atoms with Gasteiger partial charge in [0.05, 0.1) is 11.5 Å². The number of non-ortho nitro benzene ring substituents is 1. The number of nitrogens with zero attached hydrogens (tertiary/aromatic N) is 5. The first-order chi connectivity index (χ1) is 15.6. The second-order valence-corrected chi connectivity index (χ2v) is 8.23. The number of aromatic nitrogens is 4. The number of hydrogen-bond acceptors (Lipinski definition) is 7. The summed E-state index contributed by atoms with van der Waals surface area (Å²) >= 11 is 1.48. The number of ether oxygens (including phenoxy) is 1. The van der Waals surface area contributed by atoms with Crippen molar-refractivity contribution < 1.29 is 9.66 Å². The average molecular weight is 448 g/mol. The first kappa shape index (κ1) is 21.5. The lowest BCUT2D eigenvalue weighted by Crippen LogP contribution is -2.01. The standard InChI is InChI=1S/C23H21N5O3S/c1-3-31-21-11-9-19(10-12-21)27-22(18-7-5-13-24-15-18)25-26-23(27)32-16(2)17-6-4-8-20(14-17)28(29)30/h4-16H,3H2,1-2H3. The van der Waals surface area contributed by atoms with Gasteiger partial charge in [-0.05, 0) is 55.8 Å². The van der Waals surface area contributed by atoms with Crippen molar-refractivity contribution >= 4 is 17.4 Å². The van der Waals surface area contributed by atoms with Gasteiger partial charge in [-0.15, -0.1) is 10.2 Å². The summed E-state index contributed by atoms with van der Waals surface area (Å²) in [7, 11) is 0. The second kappa shape index (κ2) is 9.61. The molecule has 0 spiro atoms. The first-order valence-electron chi connectivity index (χ1n) is 10.1. The number of nitro benzene ring substituents is 1. The van der Waals surface area contributed by atoms with Crippen LogP contribution in [0.15, 0.2) is 78.2 Å². The molecule has 0 aliphatic rings. The molecule has 9 heteroatoms. The van der Waals surface area contributed by atoms with Crippen LogP contribution in [0.25, 0.3) is 17.1 Å². The Labute approximate surface area is 189 Å². The second-order valence-electron chi connectivity index (χ2n) is 6.92. The van der Waals surface area contributed by atoms with Gasteiger partial charge in [-0.25, -0.2) is 0 Å². The van der Waals surface area contributed by atoms with Crippen molar-refractivity contribution in [1.29, 1.82) is 0 Å². The Morgan fingerprint density at radius 3 is 2.62 bits per heavy atom. The van der Waals surface area contributed by atoms with Crippen LogP contribution in [-0.2, 0) is 0 Å². The largest absolute Gasteiger partial charge is 0.494 e. The Bertz CT molecular complexity index is 1210. The molecular formula is C23H21N5O3S. The van der Waals surface area contributed by atoms with Crippen LogP contribution in [0, 0.1) is 10.1 Å². The molecule has 0 amide bonds. The van der Waals surface area contributed by atoms with Crippen LogP contribution >= 0.6 is 11.8 Å². The SMILES string of the molecule is CCOc1ccc(-n2c(SC(C)c3cccc([N+](=O)[O-])c3)nnc2-c2cccnc2)cc1. The maximum atomic E-state index is 11.2. The minimum Gasteiger partial charge on any atom is -0.494 e. The molecule has 0 bridgehead atoms. The van der Waals surface area contributed by atoms with E-state index in [0.717, 1.165) is 22.6 Å². The van der Waals surface area contributed by atoms with E-state index in [2.05, 4.69) is 15.2 Å². The van der Waals surface area contributed by atoms with Crippen molar-refractivity contribution in [2.75, 3.05) is 6.61 Å². The van der Waals surface area contributed by atoms with Crippen LogP contribution in [-0.4, -0.2) is 31.3 Å². The lowest BCUT2D eigenvalue weighted by Gasteiger charge is -2.14. The average Bonchev–Trinajstić information content (AvgIpc) is 3.24. The molecule has 0 saturated carbocycles. The van der Waals surface area contributed by atoms with E-state index in [4.69, 9.17) is 4.74 Å². The molecule has 1 unspecified atom stereocenters. The molecule has 0 saturated heterocycles. The molecule has 162 valence electrons. The number of benzene rings is 2. The molecule has 0 radical (unpaired) electrons. The lowest BCUT2D eigenvalue weighted by atomic mass is 10.1. The Morgan fingerprint density at radius 2 is 1.94 bits per heavy atom. The molecule has 8 nitrogen and oxygen atoms in total. The van der Waals surface area contributed by atoms with E-state index in [0.29, 0.717) is 17.6 Å². The fourth-order valence-electron chi connectivity index (χ4n) is 3.24. The third-order valence-electron chi connectivity index (χ3n) is 4.79. The highest BCUT2D eigenvalue weighted by Crippen LogP contribution is 2.37. The maximum Gasteiger partial charge on any atom is 0.269 e. The van der Waals surface area contributed by atoms with Gasteiger partial charge in [0.15, 0.2) is 11.0 Å². The third-order valence-corrected chi connectivity index (χ3v) is 5.89. The van der Waals surface area contributed by atoms with Gasteiger partial charge in [0, 0.05) is 41.0 Å². The molecule has 32 heavy (non-hydrogen) atoms. The highest BCUT2D eigenvalue weighted by atomic mass is 32.2. The minimum absolute atomic E-state index is 0.0685. The van der Waals surface area contributed by atoms with E-state index in [1.54, 1.807) is 24.5 Å². The lowest BCUT2D eigenvalue weighted by molar-refractivity contribution is -0.384. The zero-order chi connectivity index (χ0) is 22.5. The number of pyridine rings is 1. The Kier molecular flexibility index (Phi) is 6.46. The summed E-state index contributed by atoms with van der Waals surface area (Å²) in [4.78, 5) is 15.0. The summed E-state index contributed by atoms with van der Waals surface area (Å²) < 4.78 is 7.53. The van der Waals surface area contributed by atoms with Crippen LogP contribution in [0.4, 0.5) is 5.69 Å². The normalized spacial score (nSPS) is 11.8. The van der Waals surface area contributed by atoms with Crippen LogP contribution in [0.3, 0.4) is 0 Å². The van der Waals surface area contributed by atoms with Gasteiger partial charge in [-0.1, -0.05) is 23.9 Å². The summed E-state index contributed by atoms with van der Waals surface area (Å²) in [5.74, 6) is 1.45. The van der Waals surface area contributed by atoms with Gasteiger partial charge in [0.2, 0.25) is 0 Å². The molecule has 0 fully saturated rings. The van der Waals surface area contributed by atoms with E-state index in [9.17, 15) is 10.1 Å². The summed E-state index contributed by atoms with van der Waals surface area (Å²) in [6, 6.07) is 18.2. The number of hydrogen-bond donors (Lipinski definition) is 0. The molecular weight excluding hydrogens is 426 g/mol. The van der Waals surface area contributed by atoms with Crippen LogP contribution < -0.4 is 4.74 Å². The predicted octanol–water partition coefficient (Wildman–Crippen LogP) is 5.49. The zero-order valence-corrected chi connectivity index (χ0v) is 18.4. The fraction of sp³-hybridized carbons (Fsp3) is 0.174. The molecule has 2 heterocycles. The van der Waals surface area contributed by atoms with Crippen molar-refractivity contribution in [3.63, 3.8) is 0 Å². The number of nitro groups is 1. The highest BCUT2D eigenvalue weighted by Gasteiger charge is 2.20. The van der Waals surface area contributed by atoms with E-state index in [-0.39, 0.29) is 15.9 Å². The van der Waals surface area contributed by atoms with Gasteiger partial charge in [0.25, 0.3) is 5.69 Å². The van der Waals surface area contributed by atoms with Crippen molar-refractivity contribution in [2.45, 2.75) is 24.3 Å². The number of thioether (sulfide) groups is 1. The van der Waals surface area contributed by atoms with Gasteiger partial charge in [0.1, 0.15) is 5.75 Å². The Balaban J connectivity index is 1.73. The predicted molar refractivity (Wildman–Crippen MR) is 123 cm³/mol. The summed E-state index contributed by atoms with van der Waals surface area (Å²) in [6.07, 6.45) is 3.45. The van der Waals surface area contributed by atoms with Gasteiger partial charge < -0.3 is 4.74 Å². The molecule has 4 aromatic rings. The van der Waals surface area contributed by atoms with Crippen molar-refractivity contribution in [3.05, 3.63) is 88.7 Å². The van der Waals surface area contributed by atoms with E-state index in [1.165, 1.54) is 17.8 Å². The Morgan fingerprint density at radius 1 is 1.12 bits per heavy atom. The van der Waals surface area contributed by atoms with Crippen LogP contribution in [0.1, 0.15) is 24.7 Å².